The second-order valence-corrected chi connectivity index (χ2v) is 4.54. The fraction of sp³-hybridized carbons (Fsp3) is 0.286. The molecule has 5 nitrogen and oxygen atoms in total. The number of hydrogen-bond acceptors (Lipinski definition) is 3. The quantitative estimate of drug-likeness (QED) is 0.885. The Bertz CT molecular complexity index is 553. The van der Waals surface area contributed by atoms with Crippen molar-refractivity contribution in [2.75, 3.05) is 11.9 Å². The molecule has 0 fully saturated rings. The number of nitrogens with one attached hydrogen (secondary N) is 2. The lowest BCUT2D eigenvalue weighted by atomic mass is 10.1. The molecule has 5 heteroatoms. The zero-order valence-corrected chi connectivity index (χ0v) is 11.3. The molecule has 2 rings (SSSR count). The highest BCUT2D eigenvalue weighted by atomic mass is 16.5. The summed E-state index contributed by atoms with van der Waals surface area (Å²) in [6, 6.07) is 5.75. The molecule has 1 heterocycles. The van der Waals surface area contributed by atoms with Gasteiger partial charge in [0.1, 0.15) is 11.6 Å². The predicted molar refractivity (Wildman–Crippen MR) is 73.4 cm³/mol. The number of anilines is 1. The number of ether oxygens (including phenoxy) is 1. The number of carbonyl (C=O) groups excluding carboxylic acids is 1. The smallest absolute Gasteiger partial charge is 0.263 e. The summed E-state index contributed by atoms with van der Waals surface area (Å²) in [6.45, 7) is 5.96. The van der Waals surface area contributed by atoms with E-state index in [2.05, 4.69) is 15.5 Å². The molecule has 0 aliphatic heterocycles. The number of carbonyl (C=O) groups is 1. The minimum absolute atomic E-state index is 0.0240. The largest absolute Gasteiger partial charge is 0.483 e. The number of amides is 1. The van der Waals surface area contributed by atoms with E-state index in [1.54, 1.807) is 12.3 Å². The van der Waals surface area contributed by atoms with Crippen LogP contribution in [0.3, 0.4) is 0 Å². The van der Waals surface area contributed by atoms with Gasteiger partial charge in [0.15, 0.2) is 6.61 Å². The first-order valence-corrected chi connectivity index (χ1v) is 6.06. The van der Waals surface area contributed by atoms with Gasteiger partial charge in [-0.2, -0.15) is 5.10 Å². The van der Waals surface area contributed by atoms with Crippen molar-refractivity contribution in [3.63, 3.8) is 0 Å². The van der Waals surface area contributed by atoms with Gasteiger partial charge in [-0.05, 0) is 31.9 Å². The molecule has 0 saturated heterocycles. The van der Waals surface area contributed by atoms with Crippen molar-refractivity contribution in [2.45, 2.75) is 20.8 Å². The van der Waals surface area contributed by atoms with Crippen LogP contribution in [0.2, 0.25) is 0 Å². The second-order valence-electron chi connectivity index (χ2n) is 4.54. The molecule has 0 atom stereocenters. The highest BCUT2D eigenvalue weighted by Gasteiger charge is 2.08. The third-order valence-electron chi connectivity index (χ3n) is 2.73. The first-order valence-electron chi connectivity index (χ1n) is 6.06. The van der Waals surface area contributed by atoms with Crippen LogP contribution >= 0.6 is 0 Å². The van der Waals surface area contributed by atoms with Crippen LogP contribution in [0.4, 0.5) is 5.82 Å². The van der Waals surface area contributed by atoms with Crippen molar-refractivity contribution < 1.29 is 9.53 Å². The zero-order valence-electron chi connectivity index (χ0n) is 11.3. The Kier molecular flexibility index (Phi) is 3.85. The van der Waals surface area contributed by atoms with Crippen LogP contribution in [-0.2, 0) is 4.79 Å². The first kappa shape index (κ1) is 13.1. The molecule has 0 radical (unpaired) electrons. The Balaban J connectivity index is 1.97. The average Bonchev–Trinajstić information content (AvgIpc) is 2.80. The van der Waals surface area contributed by atoms with Gasteiger partial charge in [-0.25, -0.2) is 0 Å². The van der Waals surface area contributed by atoms with Crippen molar-refractivity contribution >= 4 is 11.7 Å². The zero-order chi connectivity index (χ0) is 13.8. The third kappa shape index (κ3) is 3.34. The van der Waals surface area contributed by atoms with Gasteiger partial charge in [-0.1, -0.05) is 17.7 Å². The summed E-state index contributed by atoms with van der Waals surface area (Å²) in [5, 5.41) is 9.07. The number of H-pyrrole nitrogens is 1. The summed E-state index contributed by atoms with van der Waals surface area (Å²) >= 11 is 0. The standard InChI is InChI=1S/C14H17N3O2/c1-9-6-10(2)14(11(3)7-9)19-8-13(18)16-12-4-5-15-17-12/h4-7H,8H2,1-3H3,(H2,15,16,17,18). The monoisotopic (exact) mass is 259 g/mol. The van der Waals surface area contributed by atoms with Crippen LogP contribution in [-0.4, -0.2) is 22.7 Å². The van der Waals surface area contributed by atoms with Crippen LogP contribution in [0.25, 0.3) is 0 Å². The number of nitrogens with zero attached hydrogens (tertiary/aromatic N) is 1. The Morgan fingerprint density at radius 2 is 2.00 bits per heavy atom. The highest BCUT2D eigenvalue weighted by Crippen LogP contribution is 2.24. The van der Waals surface area contributed by atoms with Gasteiger partial charge in [-0.15, -0.1) is 0 Å². The van der Waals surface area contributed by atoms with E-state index in [1.807, 2.05) is 32.9 Å². The van der Waals surface area contributed by atoms with E-state index in [4.69, 9.17) is 4.74 Å². The first-order chi connectivity index (χ1) is 9.06. The molecule has 2 aromatic rings. The third-order valence-corrected chi connectivity index (χ3v) is 2.73. The molecule has 0 bridgehead atoms. The number of aromatic nitrogens is 2. The van der Waals surface area contributed by atoms with Crippen LogP contribution in [0, 0.1) is 20.8 Å². The van der Waals surface area contributed by atoms with Gasteiger partial charge in [0.25, 0.3) is 5.91 Å². The van der Waals surface area contributed by atoms with Crippen molar-refractivity contribution in [1.82, 2.24) is 10.2 Å². The summed E-state index contributed by atoms with van der Waals surface area (Å²) in [4.78, 5) is 11.7. The second kappa shape index (κ2) is 5.56. The lowest BCUT2D eigenvalue weighted by Gasteiger charge is -2.12. The number of hydrogen-bond donors (Lipinski definition) is 2. The SMILES string of the molecule is Cc1cc(C)c(OCC(=O)Nc2ccn[nH]2)c(C)c1. The van der Waals surface area contributed by atoms with E-state index in [0.29, 0.717) is 5.82 Å². The van der Waals surface area contributed by atoms with Crippen LogP contribution in [0.5, 0.6) is 5.75 Å². The molecule has 1 aromatic heterocycles. The molecule has 0 spiro atoms. The maximum absolute atomic E-state index is 11.7. The topological polar surface area (TPSA) is 67.0 Å². The van der Waals surface area contributed by atoms with Crippen LogP contribution in [0.1, 0.15) is 16.7 Å². The summed E-state index contributed by atoms with van der Waals surface area (Å²) in [7, 11) is 0. The summed E-state index contributed by atoms with van der Waals surface area (Å²) in [5.41, 5.74) is 3.25. The Hall–Kier alpha value is -2.30. The van der Waals surface area contributed by atoms with Gasteiger partial charge in [-0.3, -0.25) is 9.89 Å². The van der Waals surface area contributed by atoms with Gasteiger partial charge < -0.3 is 10.1 Å². The molecule has 19 heavy (non-hydrogen) atoms. The Morgan fingerprint density at radius 1 is 1.32 bits per heavy atom. The molecule has 0 aliphatic carbocycles. The molecule has 1 amide bonds. The minimum Gasteiger partial charge on any atom is -0.483 e. The summed E-state index contributed by atoms with van der Waals surface area (Å²) in [6.07, 6.45) is 1.57. The Labute approximate surface area is 112 Å². The molecular weight excluding hydrogens is 242 g/mol. The summed E-state index contributed by atoms with van der Waals surface area (Å²) in [5.74, 6) is 1.11. The molecule has 0 aliphatic rings. The molecule has 2 N–H and O–H groups in total. The van der Waals surface area contributed by atoms with E-state index < -0.39 is 0 Å². The average molecular weight is 259 g/mol. The van der Waals surface area contributed by atoms with Crippen molar-refractivity contribution in [3.8, 4) is 5.75 Å². The van der Waals surface area contributed by atoms with Gasteiger partial charge in [0, 0.05) is 6.07 Å². The lowest BCUT2D eigenvalue weighted by molar-refractivity contribution is -0.118. The maximum Gasteiger partial charge on any atom is 0.263 e. The fourth-order valence-corrected chi connectivity index (χ4v) is 2.04. The lowest BCUT2D eigenvalue weighted by Crippen LogP contribution is -2.20. The van der Waals surface area contributed by atoms with Gasteiger partial charge in [0.2, 0.25) is 0 Å². The normalized spacial score (nSPS) is 10.3. The van der Waals surface area contributed by atoms with E-state index in [1.165, 1.54) is 5.56 Å². The van der Waals surface area contributed by atoms with E-state index in [-0.39, 0.29) is 12.5 Å². The molecule has 1 aromatic carbocycles. The number of benzene rings is 1. The van der Waals surface area contributed by atoms with E-state index in [9.17, 15) is 4.79 Å². The number of aromatic amines is 1. The number of rotatable bonds is 4. The molecule has 0 unspecified atom stereocenters. The molecule has 0 saturated carbocycles. The fourth-order valence-electron chi connectivity index (χ4n) is 2.04. The van der Waals surface area contributed by atoms with E-state index >= 15 is 0 Å². The van der Waals surface area contributed by atoms with E-state index in [0.717, 1.165) is 16.9 Å². The molecular formula is C14H17N3O2. The van der Waals surface area contributed by atoms with Crippen molar-refractivity contribution in [1.29, 1.82) is 0 Å². The Morgan fingerprint density at radius 3 is 2.58 bits per heavy atom. The highest BCUT2D eigenvalue weighted by molar-refractivity contribution is 5.90. The van der Waals surface area contributed by atoms with Crippen LogP contribution < -0.4 is 10.1 Å². The molecule has 100 valence electrons. The van der Waals surface area contributed by atoms with Crippen molar-refractivity contribution in [3.05, 3.63) is 41.1 Å². The number of aryl methyl sites for hydroxylation is 3. The van der Waals surface area contributed by atoms with Crippen molar-refractivity contribution in [2.24, 2.45) is 0 Å². The van der Waals surface area contributed by atoms with Gasteiger partial charge in [0.05, 0.1) is 6.20 Å². The maximum atomic E-state index is 11.7. The van der Waals surface area contributed by atoms with Gasteiger partial charge >= 0.3 is 0 Å². The van der Waals surface area contributed by atoms with Crippen LogP contribution in [0.15, 0.2) is 24.4 Å². The summed E-state index contributed by atoms with van der Waals surface area (Å²) < 4.78 is 5.59. The minimum atomic E-state index is -0.219. The predicted octanol–water partition coefficient (Wildman–Crippen LogP) is 2.35.